The van der Waals surface area contributed by atoms with E-state index in [0.717, 1.165) is 6.07 Å². The van der Waals surface area contributed by atoms with E-state index >= 15 is 0 Å². The van der Waals surface area contributed by atoms with Gasteiger partial charge in [0.2, 0.25) is 5.91 Å². The second kappa shape index (κ2) is 9.07. The van der Waals surface area contributed by atoms with E-state index in [-0.39, 0.29) is 18.7 Å². The Morgan fingerprint density at radius 1 is 1.16 bits per heavy atom. The lowest BCUT2D eigenvalue weighted by molar-refractivity contribution is -0.266. The molecule has 1 aromatic heterocycles. The van der Waals surface area contributed by atoms with E-state index in [2.05, 4.69) is 20.9 Å². The molecular formula is C17H17F4N5O5. The Hall–Kier alpha value is -3.55. The first-order valence-corrected chi connectivity index (χ1v) is 8.60. The molecule has 1 aromatic carbocycles. The molecule has 0 saturated carbocycles. The van der Waals surface area contributed by atoms with Crippen LogP contribution in [0, 0.1) is 12.7 Å². The van der Waals surface area contributed by atoms with Crippen LogP contribution >= 0.6 is 0 Å². The summed E-state index contributed by atoms with van der Waals surface area (Å²) in [5.74, 6) is -4.46. The second-order valence-corrected chi connectivity index (χ2v) is 6.38. The zero-order valence-electron chi connectivity index (χ0n) is 15.9. The van der Waals surface area contributed by atoms with Crippen LogP contribution in [0.2, 0.25) is 0 Å². The summed E-state index contributed by atoms with van der Waals surface area (Å²) < 4.78 is 52.8. The number of alkyl halides is 3. The van der Waals surface area contributed by atoms with Crippen molar-refractivity contribution in [1.29, 1.82) is 0 Å². The predicted octanol–water partition coefficient (Wildman–Crippen LogP) is 0.106. The highest BCUT2D eigenvalue weighted by molar-refractivity contribution is 5.94. The van der Waals surface area contributed by atoms with Gasteiger partial charge in [0.1, 0.15) is 18.1 Å². The van der Waals surface area contributed by atoms with Gasteiger partial charge in [0.25, 0.3) is 5.91 Å². The van der Waals surface area contributed by atoms with E-state index in [4.69, 9.17) is 5.11 Å². The maximum absolute atomic E-state index is 13.5. The summed E-state index contributed by atoms with van der Waals surface area (Å²) in [6, 6.07) is 3.92. The van der Waals surface area contributed by atoms with Crippen LogP contribution in [0.15, 0.2) is 24.4 Å². The molecule has 1 heterocycles. The number of carbonyl (C=O) groups excluding carboxylic acids is 2. The maximum Gasteiger partial charge on any atom is 0.434 e. The molecule has 0 fully saturated rings. The normalized spacial score (nSPS) is 13.4. The van der Waals surface area contributed by atoms with E-state index in [9.17, 15) is 37.1 Å². The quantitative estimate of drug-likeness (QED) is 0.332. The molecule has 0 bridgehead atoms. The first-order chi connectivity index (χ1) is 14.4. The highest BCUT2D eigenvalue weighted by atomic mass is 19.4. The highest BCUT2D eigenvalue weighted by Gasteiger charge is 2.63. The summed E-state index contributed by atoms with van der Waals surface area (Å²) >= 11 is 0. The maximum atomic E-state index is 13.5. The van der Waals surface area contributed by atoms with Crippen molar-refractivity contribution in [1.82, 2.24) is 25.6 Å². The molecule has 2 aromatic rings. The lowest BCUT2D eigenvalue weighted by Crippen LogP contribution is -2.49. The Kier molecular flexibility index (Phi) is 6.95. The van der Waals surface area contributed by atoms with Crippen molar-refractivity contribution < 1.29 is 42.2 Å². The van der Waals surface area contributed by atoms with Crippen LogP contribution < -0.4 is 10.6 Å². The van der Waals surface area contributed by atoms with Crippen molar-refractivity contribution in [2.45, 2.75) is 25.2 Å². The number of halogens is 4. The fourth-order valence-electron chi connectivity index (χ4n) is 2.33. The smallest absolute Gasteiger partial charge is 0.434 e. The summed E-state index contributed by atoms with van der Waals surface area (Å²) in [6.45, 7) is 0.811. The Bertz CT molecular complexity index is 994. The van der Waals surface area contributed by atoms with Gasteiger partial charge in [-0.2, -0.15) is 13.2 Å². The molecular weight excluding hydrogens is 430 g/mol. The summed E-state index contributed by atoms with van der Waals surface area (Å²) in [5.41, 5.74) is -5.13. The first-order valence-electron chi connectivity index (χ1n) is 8.60. The minimum atomic E-state index is -5.57. The molecule has 2 amide bonds. The molecule has 0 saturated heterocycles. The summed E-state index contributed by atoms with van der Waals surface area (Å²) in [4.78, 5) is 34.6. The number of hydrogen-bond acceptors (Lipinski definition) is 6. The molecule has 168 valence electrons. The predicted molar refractivity (Wildman–Crippen MR) is 94.1 cm³/mol. The van der Waals surface area contributed by atoms with Gasteiger partial charge in [-0.25, -0.2) is 13.9 Å². The molecule has 31 heavy (non-hydrogen) atoms. The number of aryl methyl sites for hydroxylation is 1. The van der Waals surface area contributed by atoms with Crippen LogP contribution in [0.5, 0.6) is 0 Å². The van der Waals surface area contributed by atoms with Crippen LogP contribution in [0.4, 0.5) is 17.6 Å². The highest BCUT2D eigenvalue weighted by Crippen LogP contribution is 2.38. The van der Waals surface area contributed by atoms with Crippen LogP contribution in [-0.2, 0) is 21.7 Å². The van der Waals surface area contributed by atoms with E-state index in [1.54, 1.807) is 0 Å². The van der Waals surface area contributed by atoms with Crippen molar-refractivity contribution in [2.24, 2.45) is 0 Å². The third-order valence-electron chi connectivity index (χ3n) is 4.10. The lowest BCUT2D eigenvalue weighted by atomic mass is 10.0. The zero-order chi connectivity index (χ0) is 23.4. The van der Waals surface area contributed by atoms with Gasteiger partial charge in [-0.1, -0.05) is 11.3 Å². The first kappa shape index (κ1) is 23.7. The monoisotopic (exact) mass is 447 g/mol. The minimum Gasteiger partial charge on any atom is -0.479 e. The number of carboxylic acid groups (broad SMARTS) is 1. The van der Waals surface area contributed by atoms with Crippen molar-refractivity contribution >= 4 is 17.8 Å². The number of carboxylic acids is 1. The average molecular weight is 447 g/mol. The molecule has 1 unspecified atom stereocenters. The van der Waals surface area contributed by atoms with Crippen molar-refractivity contribution in [3.63, 3.8) is 0 Å². The number of aliphatic carboxylic acids is 1. The molecule has 0 aliphatic rings. The van der Waals surface area contributed by atoms with Crippen molar-refractivity contribution in [3.05, 3.63) is 47.0 Å². The molecule has 0 radical (unpaired) electrons. The van der Waals surface area contributed by atoms with Gasteiger partial charge in [-0.3, -0.25) is 9.59 Å². The summed E-state index contributed by atoms with van der Waals surface area (Å²) in [7, 11) is 0. The van der Waals surface area contributed by atoms with Gasteiger partial charge in [0, 0.05) is 18.7 Å². The minimum absolute atomic E-state index is 0.0322. The van der Waals surface area contributed by atoms with E-state index in [1.165, 1.54) is 19.1 Å². The molecule has 0 spiro atoms. The topological polar surface area (TPSA) is 146 Å². The third kappa shape index (κ3) is 5.33. The van der Waals surface area contributed by atoms with Crippen LogP contribution in [-0.4, -0.2) is 62.3 Å². The molecule has 0 aliphatic carbocycles. The SMILES string of the molecule is Cc1ccc(C(=O)NCCNC(=O)Cn2cc(C(O)(C(=O)O)C(F)(F)F)nn2)cc1F. The van der Waals surface area contributed by atoms with Gasteiger partial charge in [0.15, 0.2) is 0 Å². The van der Waals surface area contributed by atoms with Crippen LogP contribution in [0.25, 0.3) is 0 Å². The number of benzene rings is 1. The van der Waals surface area contributed by atoms with Gasteiger partial charge >= 0.3 is 17.7 Å². The van der Waals surface area contributed by atoms with Gasteiger partial charge < -0.3 is 20.8 Å². The van der Waals surface area contributed by atoms with E-state index in [1.807, 2.05) is 0 Å². The zero-order valence-corrected chi connectivity index (χ0v) is 15.9. The second-order valence-electron chi connectivity index (χ2n) is 6.38. The van der Waals surface area contributed by atoms with Gasteiger partial charge in [-0.05, 0) is 24.6 Å². The molecule has 1 atom stereocenters. The summed E-state index contributed by atoms with van der Waals surface area (Å²) in [6.07, 6.45) is -5.09. The van der Waals surface area contributed by atoms with Gasteiger partial charge in [-0.15, -0.1) is 5.10 Å². The van der Waals surface area contributed by atoms with Crippen molar-refractivity contribution in [3.8, 4) is 0 Å². The molecule has 10 nitrogen and oxygen atoms in total. The number of nitrogens with zero attached hydrogens (tertiary/aromatic N) is 3. The lowest BCUT2D eigenvalue weighted by Gasteiger charge is -2.23. The van der Waals surface area contributed by atoms with Gasteiger partial charge in [0.05, 0.1) is 6.20 Å². The van der Waals surface area contributed by atoms with Crippen LogP contribution in [0.3, 0.4) is 0 Å². The summed E-state index contributed by atoms with van der Waals surface area (Å²) in [5, 5.41) is 29.2. The fraction of sp³-hybridized carbons (Fsp3) is 0.353. The number of rotatable bonds is 8. The Balaban J connectivity index is 1.86. The number of nitrogens with one attached hydrogen (secondary N) is 2. The number of carbonyl (C=O) groups is 3. The number of aromatic nitrogens is 3. The van der Waals surface area contributed by atoms with E-state index in [0.29, 0.717) is 16.4 Å². The number of aliphatic hydroxyl groups is 1. The number of hydrogen-bond donors (Lipinski definition) is 4. The Morgan fingerprint density at radius 2 is 1.81 bits per heavy atom. The Morgan fingerprint density at radius 3 is 2.39 bits per heavy atom. The van der Waals surface area contributed by atoms with Crippen molar-refractivity contribution in [2.75, 3.05) is 13.1 Å². The molecule has 14 heteroatoms. The molecule has 2 rings (SSSR count). The third-order valence-corrected chi connectivity index (χ3v) is 4.10. The fourth-order valence-corrected chi connectivity index (χ4v) is 2.33. The standard InChI is InChI=1S/C17H17F4N5O5/c1-9-2-3-10(6-11(9)18)14(28)23-5-4-22-13(27)8-26-7-12(24-25-26)16(31,15(29)30)17(19,20)21/h2-3,6-7,31H,4-5,8H2,1H3,(H,22,27)(H,23,28)(H,29,30). The van der Waals surface area contributed by atoms with Crippen LogP contribution in [0.1, 0.15) is 21.6 Å². The Labute approximate surface area is 171 Å². The van der Waals surface area contributed by atoms with E-state index < -0.39 is 47.6 Å². The average Bonchev–Trinajstić information content (AvgIpc) is 3.14. The molecule has 0 aliphatic heterocycles. The molecule has 4 N–H and O–H groups in total. The largest absolute Gasteiger partial charge is 0.479 e. The number of amides is 2.